The molecule has 1 aliphatic rings. The number of hydrogen-bond donors (Lipinski definition) is 1. The number of carbonyl (C=O) groups is 3. The Hall–Kier alpha value is -3.41. The Labute approximate surface area is 163 Å². The van der Waals surface area contributed by atoms with E-state index < -0.39 is 12.6 Å². The average Bonchev–Trinajstić information content (AvgIpc) is 2.79. The molecule has 2 amide bonds. The Morgan fingerprint density at radius 1 is 1.18 bits per heavy atom. The van der Waals surface area contributed by atoms with E-state index in [-0.39, 0.29) is 24.3 Å². The summed E-state index contributed by atoms with van der Waals surface area (Å²) in [5.74, 6) is -1.14. The summed E-state index contributed by atoms with van der Waals surface area (Å²) in [6.45, 7) is 3.34. The second-order valence-electron chi connectivity index (χ2n) is 6.68. The minimum atomic E-state index is -0.596. The normalized spacial score (nSPS) is 16.3. The maximum absolute atomic E-state index is 12.7. The van der Waals surface area contributed by atoms with E-state index in [0.29, 0.717) is 11.4 Å². The highest BCUT2D eigenvalue weighted by molar-refractivity contribution is 6.05. The van der Waals surface area contributed by atoms with Crippen LogP contribution in [0.5, 0.6) is 0 Å². The second-order valence-corrected chi connectivity index (χ2v) is 6.68. The second kappa shape index (κ2) is 8.52. The smallest absolute Gasteiger partial charge is 0.331 e. The minimum Gasteiger partial charge on any atom is -0.452 e. The molecule has 1 heterocycles. The number of aryl methyl sites for hydroxylation is 1. The maximum Gasteiger partial charge on any atom is 0.331 e. The third-order valence-corrected chi connectivity index (χ3v) is 4.55. The highest BCUT2D eigenvalue weighted by Crippen LogP contribution is 2.31. The Balaban J connectivity index is 1.68. The number of amides is 2. The molecular weight excluding hydrogens is 356 g/mol. The van der Waals surface area contributed by atoms with Gasteiger partial charge in [-0.15, -0.1) is 0 Å². The van der Waals surface area contributed by atoms with Crippen LogP contribution < -0.4 is 10.2 Å². The lowest BCUT2D eigenvalue weighted by molar-refractivity contribution is -0.143. The molecule has 0 saturated heterocycles. The van der Waals surface area contributed by atoms with Gasteiger partial charge in [-0.3, -0.25) is 9.59 Å². The number of para-hydroxylation sites is 2. The summed E-state index contributed by atoms with van der Waals surface area (Å²) >= 11 is 0. The lowest BCUT2D eigenvalue weighted by Crippen LogP contribution is -2.41. The number of hydrogen-bond acceptors (Lipinski definition) is 4. The van der Waals surface area contributed by atoms with Gasteiger partial charge in [0.2, 0.25) is 5.91 Å². The topological polar surface area (TPSA) is 75.7 Å². The van der Waals surface area contributed by atoms with E-state index in [2.05, 4.69) is 5.32 Å². The molecule has 2 aromatic carbocycles. The van der Waals surface area contributed by atoms with Gasteiger partial charge >= 0.3 is 5.97 Å². The minimum absolute atomic E-state index is 0.159. The van der Waals surface area contributed by atoms with E-state index in [1.807, 2.05) is 31.2 Å². The van der Waals surface area contributed by atoms with Crippen LogP contribution in [0.2, 0.25) is 0 Å². The van der Waals surface area contributed by atoms with Gasteiger partial charge < -0.3 is 15.0 Å². The van der Waals surface area contributed by atoms with Crippen molar-refractivity contribution >= 4 is 35.2 Å². The lowest BCUT2D eigenvalue weighted by Gasteiger charge is -2.27. The first-order chi connectivity index (χ1) is 13.5. The van der Waals surface area contributed by atoms with Crippen molar-refractivity contribution in [1.29, 1.82) is 0 Å². The summed E-state index contributed by atoms with van der Waals surface area (Å²) in [4.78, 5) is 38.3. The SMILES string of the molecule is Cc1ccccc1/C=C/C(=O)OCC(=O)N1c2ccccc2NC(=O)C[C@H]1C. The monoisotopic (exact) mass is 378 g/mol. The van der Waals surface area contributed by atoms with Crippen molar-refractivity contribution in [3.8, 4) is 0 Å². The highest BCUT2D eigenvalue weighted by Gasteiger charge is 2.29. The van der Waals surface area contributed by atoms with Crippen LogP contribution in [0.4, 0.5) is 11.4 Å². The van der Waals surface area contributed by atoms with E-state index in [1.165, 1.54) is 11.0 Å². The zero-order valence-electron chi connectivity index (χ0n) is 15.8. The third-order valence-electron chi connectivity index (χ3n) is 4.55. The van der Waals surface area contributed by atoms with Crippen LogP contribution in [-0.4, -0.2) is 30.4 Å². The Morgan fingerprint density at radius 3 is 2.68 bits per heavy atom. The van der Waals surface area contributed by atoms with Crippen molar-refractivity contribution in [2.45, 2.75) is 26.3 Å². The number of rotatable bonds is 4. The highest BCUT2D eigenvalue weighted by atomic mass is 16.5. The molecule has 3 rings (SSSR count). The largest absolute Gasteiger partial charge is 0.452 e. The summed E-state index contributed by atoms with van der Waals surface area (Å²) in [5.41, 5.74) is 3.11. The van der Waals surface area contributed by atoms with Crippen LogP contribution >= 0.6 is 0 Å². The molecule has 1 aliphatic heterocycles. The Morgan fingerprint density at radius 2 is 1.89 bits per heavy atom. The van der Waals surface area contributed by atoms with Crippen LogP contribution in [0.15, 0.2) is 54.6 Å². The number of esters is 1. The van der Waals surface area contributed by atoms with Crippen LogP contribution in [0.3, 0.4) is 0 Å². The molecule has 2 aromatic rings. The number of nitrogens with one attached hydrogen (secondary N) is 1. The number of anilines is 2. The Bertz CT molecular complexity index is 936. The number of nitrogens with zero attached hydrogens (tertiary/aromatic N) is 1. The molecule has 0 spiro atoms. The first-order valence-electron chi connectivity index (χ1n) is 9.07. The van der Waals surface area contributed by atoms with Gasteiger partial charge in [0.25, 0.3) is 5.91 Å². The predicted octanol–water partition coefficient (Wildman–Crippen LogP) is 3.32. The standard InChI is InChI=1S/C22H22N2O4/c1-15-7-3-4-8-17(15)11-12-22(27)28-14-21(26)24-16(2)13-20(25)23-18-9-5-6-10-19(18)24/h3-12,16H,13-14H2,1-2H3,(H,23,25)/b12-11+/t16-/m1/s1. The number of ether oxygens (including phenoxy) is 1. The van der Waals surface area contributed by atoms with Crippen LogP contribution in [-0.2, 0) is 19.1 Å². The predicted molar refractivity (Wildman–Crippen MR) is 108 cm³/mol. The fourth-order valence-electron chi connectivity index (χ4n) is 3.15. The molecule has 6 nitrogen and oxygen atoms in total. The molecule has 0 bridgehead atoms. The van der Waals surface area contributed by atoms with Gasteiger partial charge in [-0.1, -0.05) is 36.4 Å². The molecule has 28 heavy (non-hydrogen) atoms. The zero-order chi connectivity index (χ0) is 20.1. The third kappa shape index (κ3) is 4.46. The summed E-state index contributed by atoms with van der Waals surface area (Å²) in [5, 5.41) is 2.79. The molecular formula is C22H22N2O4. The van der Waals surface area contributed by atoms with E-state index in [1.54, 1.807) is 37.3 Å². The van der Waals surface area contributed by atoms with Gasteiger partial charge in [-0.05, 0) is 43.2 Å². The average molecular weight is 378 g/mol. The van der Waals surface area contributed by atoms with Crippen LogP contribution in [0.1, 0.15) is 24.5 Å². The van der Waals surface area contributed by atoms with E-state index in [4.69, 9.17) is 4.74 Å². The molecule has 0 aromatic heterocycles. The fourth-order valence-corrected chi connectivity index (χ4v) is 3.15. The van der Waals surface area contributed by atoms with Crippen LogP contribution in [0.25, 0.3) is 6.08 Å². The lowest BCUT2D eigenvalue weighted by atomic mass is 10.1. The van der Waals surface area contributed by atoms with Crippen molar-refractivity contribution < 1.29 is 19.1 Å². The van der Waals surface area contributed by atoms with Gasteiger partial charge in [0.15, 0.2) is 6.61 Å². The van der Waals surface area contributed by atoms with Gasteiger partial charge in [0.05, 0.1) is 11.4 Å². The quantitative estimate of drug-likeness (QED) is 0.654. The maximum atomic E-state index is 12.7. The molecule has 0 aliphatic carbocycles. The van der Waals surface area contributed by atoms with Crippen molar-refractivity contribution in [2.24, 2.45) is 0 Å². The van der Waals surface area contributed by atoms with Crippen LogP contribution in [0, 0.1) is 6.92 Å². The molecule has 1 atom stereocenters. The first kappa shape index (κ1) is 19.4. The van der Waals surface area contributed by atoms with E-state index in [9.17, 15) is 14.4 Å². The van der Waals surface area contributed by atoms with Gasteiger partial charge in [0.1, 0.15) is 0 Å². The van der Waals surface area contributed by atoms with Gasteiger partial charge in [0, 0.05) is 18.5 Å². The van der Waals surface area contributed by atoms with E-state index >= 15 is 0 Å². The number of carbonyl (C=O) groups excluding carboxylic acids is 3. The first-order valence-corrected chi connectivity index (χ1v) is 9.07. The van der Waals surface area contributed by atoms with Crippen molar-refractivity contribution in [3.05, 3.63) is 65.7 Å². The Kier molecular flexibility index (Phi) is 5.89. The molecule has 1 N–H and O–H groups in total. The van der Waals surface area contributed by atoms with Gasteiger partial charge in [-0.25, -0.2) is 4.79 Å². The molecule has 144 valence electrons. The van der Waals surface area contributed by atoms with Gasteiger partial charge in [-0.2, -0.15) is 0 Å². The van der Waals surface area contributed by atoms with E-state index in [0.717, 1.165) is 11.1 Å². The summed E-state index contributed by atoms with van der Waals surface area (Å²) < 4.78 is 5.13. The molecule has 0 unspecified atom stereocenters. The molecule has 0 saturated carbocycles. The van der Waals surface area contributed by atoms with Crippen molar-refractivity contribution in [3.63, 3.8) is 0 Å². The van der Waals surface area contributed by atoms with Crippen molar-refractivity contribution in [1.82, 2.24) is 0 Å². The molecule has 6 heteroatoms. The molecule has 0 radical (unpaired) electrons. The summed E-state index contributed by atoms with van der Waals surface area (Å²) in [6, 6.07) is 14.4. The molecule has 0 fully saturated rings. The van der Waals surface area contributed by atoms with Crippen molar-refractivity contribution in [2.75, 3.05) is 16.8 Å². The number of fused-ring (bicyclic) bond motifs is 1. The number of benzene rings is 2. The summed E-state index contributed by atoms with van der Waals surface area (Å²) in [7, 11) is 0. The zero-order valence-corrected chi connectivity index (χ0v) is 15.8. The fraction of sp³-hybridized carbons (Fsp3) is 0.227. The summed E-state index contributed by atoms with van der Waals surface area (Å²) in [6.07, 6.45) is 3.14.